The minimum atomic E-state index is -2.04. The molecule has 1 aromatic rings. The number of Topliss-reactive ketones (excluding diaryl/α,β-unsaturated/α-hetero) is 2. The van der Waals surface area contributed by atoms with E-state index in [1.165, 1.54) is 19.9 Å². The third-order valence-corrected chi connectivity index (χ3v) is 15.2. The number of benzene rings is 1. The average molecular weight is 869 g/mol. The van der Waals surface area contributed by atoms with Gasteiger partial charge in [-0.3, -0.25) is 14.4 Å². The first-order valence-corrected chi connectivity index (χ1v) is 21.0. The second kappa shape index (κ2) is 16.6. The summed E-state index contributed by atoms with van der Waals surface area (Å²) in [4.78, 5) is 40.3. The number of hydrogen-bond acceptors (Lipinski definition) is 18. The van der Waals surface area contributed by atoms with Gasteiger partial charge in [-0.2, -0.15) is 0 Å². The number of hydrogen-bond donors (Lipinski definition) is 10. The molecule has 0 bridgehead atoms. The number of ether oxygens (including phenoxy) is 5. The number of fused-ring (bicyclic) bond motifs is 5. The van der Waals surface area contributed by atoms with Crippen molar-refractivity contribution >= 4 is 17.5 Å². The molecule has 18 nitrogen and oxygen atoms in total. The molecule has 3 aliphatic carbocycles. The molecule has 18 heteroatoms. The molecule has 6 rings (SSSR count). The van der Waals surface area contributed by atoms with Crippen molar-refractivity contribution in [1.29, 1.82) is 0 Å². The van der Waals surface area contributed by atoms with Gasteiger partial charge in [-0.1, -0.05) is 13.8 Å². The van der Waals surface area contributed by atoms with Crippen LogP contribution in [0, 0.1) is 29.6 Å². The number of phenolic OH excluding ortho intramolecular Hbond substituents is 1. The summed E-state index contributed by atoms with van der Waals surface area (Å²) in [6, 6.07) is 1.49. The molecule has 61 heavy (non-hydrogen) atoms. The number of esters is 1. The van der Waals surface area contributed by atoms with Crippen molar-refractivity contribution in [2.75, 3.05) is 13.2 Å². The van der Waals surface area contributed by atoms with E-state index in [2.05, 4.69) is 0 Å². The van der Waals surface area contributed by atoms with Crippen molar-refractivity contribution in [1.82, 2.24) is 0 Å². The Labute approximate surface area is 354 Å². The number of phenols is 1. The van der Waals surface area contributed by atoms with Crippen LogP contribution in [0.15, 0.2) is 6.07 Å². The van der Waals surface area contributed by atoms with Gasteiger partial charge in [-0.25, -0.2) is 0 Å². The third-order valence-electron chi connectivity index (χ3n) is 15.2. The van der Waals surface area contributed by atoms with Crippen LogP contribution in [0.2, 0.25) is 0 Å². The highest BCUT2D eigenvalue weighted by atomic mass is 16.7. The summed E-state index contributed by atoms with van der Waals surface area (Å²) in [5.74, 6) is -3.25. The standard InChI is InChI=1S/C43H64O18/c1-18-20-9-10-26-40(5)14-22(46)36(43(8,56)27(47)11-12-39(3,4)61-19(2)45)41(40,6)15-28(48)42(26,7)21(20)13-23(29(18)49)58-38-35(55)33(53)31(51)25(60-38)17-57-37-34(54)32(52)30(50)24(16-44)59-37/h13,22,24-26,30-38,44,46,49-56H,9-12,14-17H2,1-8H3. The van der Waals surface area contributed by atoms with Crippen LogP contribution in [0.1, 0.15) is 97.3 Å². The summed E-state index contributed by atoms with van der Waals surface area (Å²) in [5.41, 5.74) is -4.48. The van der Waals surface area contributed by atoms with Gasteiger partial charge in [0.1, 0.15) is 65.8 Å². The van der Waals surface area contributed by atoms with Crippen LogP contribution in [0.4, 0.5) is 0 Å². The summed E-state index contributed by atoms with van der Waals surface area (Å²) in [5, 5.41) is 108. The van der Waals surface area contributed by atoms with Crippen molar-refractivity contribution in [3.63, 3.8) is 0 Å². The Morgan fingerprint density at radius 1 is 0.885 bits per heavy atom. The zero-order valence-electron chi connectivity index (χ0n) is 36.0. The molecule has 2 saturated carbocycles. The second-order valence-corrected chi connectivity index (χ2v) is 19.4. The van der Waals surface area contributed by atoms with Gasteiger partial charge < -0.3 is 74.7 Å². The molecule has 4 fully saturated rings. The van der Waals surface area contributed by atoms with Crippen molar-refractivity contribution in [3.8, 4) is 11.5 Å². The zero-order chi connectivity index (χ0) is 45.5. The average Bonchev–Trinajstić information content (AvgIpc) is 3.38. The van der Waals surface area contributed by atoms with E-state index in [-0.39, 0.29) is 43.0 Å². The van der Waals surface area contributed by atoms with Gasteiger partial charge in [-0.15, -0.1) is 0 Å². The number of carbonyl (C=O) groups is 3. The molecule has 10 N–H and O–H groups in total. The lowest BCUT2D eigenvalue weighted by Crippen LogP contribution is -2.63. The fraction of sp³-hybridized carbons (Fsp3) is 0.791. The minimum absolute atomic E-state index is 0.110. The molecular formula is C43H64O18. The molecule has 344 valence electrons. The highest BCUT2D eigenvalue weighted by molar-refractivity contribution is 5.94. The SMILES string of the molecule is CC(=O)OC(C)(C)CCC(=O)C(C)(O)C1C(O)CC2(C)C3CCc4c(cc(OC5OC(COC6OC(CO)C(O)C(O)C6O)C(O)C(O)C5O)c(O)c4C)C3(C)C(=O)CC12C. The van der Waals surface area contributed by atoms with Gasteiger partial charge in [0.15, 0.2) is 23.6 Å². The highest BCUT2D eigenvalue weighted by Crippen LogP contribution is 2.72. The van der Waals surface area contributed by atoms with Gasteiger partial charge in [0.2, 0.25) is 6.29 Å². The Bertz CT molecular complexity index is 1850. The Balaban J connectivity index is 1.26. The summed E-state index contributed by atoms with van der Waals surface area (Å²) in [6.07, 6.45) is -16.9. The first-order chi connectivity index (χ1) is 28.2. The van der Waals surface area contributed by atoms with E-state index >= 15 is 0 Å². The largest absolute Gasteiger partial charge is 0.504 e. The van der Waals surface area contributed by atoms with Crippen molar-refractivity contribution in [2.45, 2.75) is 178 Å². The van der Waals surface area contributed by atoms with Crippen LogP contribution in [-0.2, 0) is 45.2 Å². The summed E-state index contributed by atoms with van der Waals surface area (Å²) >= 11 is 0. The molecule has 2 heterocycles. The van der Waals surface area contributed by atoms with E-state index in [4.69, 9.17) is 23.7 Å². The molecule has 17 unspecified atom stereocenters. The molecule has 0 spiro atoms. The van der Waals surface area contributed by atoms with Gasteiger partial charge in [0.05, 0.1) is 24.7 Å². The molecule has 2 saturated heterocycles. The van der Waals surface area contributed by atoms with Crippen LogP contribution < -0.4 is 4.74 Å². The van der Waals surface area contributed by atoms with E-state index in [0.29, 0.717) is 29.5 Å². The van der Waals surface area contributed by atoms with E-state index in [0.717, 1.165) is 0 Å². The number of carbonyl (C=O) groups excluding carboxylic acids is 3. The summed E-state index contributed by atoms with van der Waals surface area (Å²) in [6.45, 7) is 12.0. The molecule has 5 aliphatic rings. The van der Waals surface area contributed by atoms with Crippen molar-refractivity contribution < 1.29 is 89.1 Å². The monoisotopic (exact) mass is 868 g/mol. The van der Waals surface area contributed by atoms with Gasteiger partial charge >= 0.3 is 5.97 Å². The van der Waals surface area contributed by atoms with Gasteiger partial charge in [0, 0.05) is 25.7 Å². The first-order valence-electron chi connectivity index (χ1n) is 21.0. The smallest absolute Gasteiger partial charge is 0.303 e. The maximum atomic E-state index is 14.9. The van der Waals surface area contributed by atoms with Gasteiger partial charge in [0.25, 0.3) is 0 Å². The van der Waals surface area contributed by atoms with Crippen LogP contribution in [-0.4, -0.2) is 161 Å². The Kier molecular flexibility index (Phi) is 13.0. The highest BCUT2D eigenvalue weighted by Gasteiger charge is 2.73. The van der Waals surface area contributed by atoms with Crippen LogP contribution in [0.3, 0.4) is 0 Å². The maximum absolute atomic E-state index is 14.9. The molecule has 0 radical (unpaired) electrons. The molecule has 0 aromatic heterocycles. The quantitative estimate of drug-likeness (QED) is 0.117. The number of aliphatic hydroxyl groups excluding tert-OH is 8. The number of aliphatic hydroxyl groups is 9. The Morgan fingerprint density at radius 2 is 1.48 bits per heavy atom. The van der Waals surface area contributed by atoms with E-state index in [1.54, 1.807) is 20.8 Å². The first kappa shape index (κ1) is 47.6. The second-order valence-electron chi connectivity index (χ2n) is 19.4. The van der Waals surface area contributed by atoms with Crippen molar-refractivity contribution in [2.24, 2.45) is 22.7 Å². The predicted molar refractivity (Wildman–Crippen MR) is 210 cm³/mol. The Hall–Kier alpha value is -2.85. The van der Waals surface area contributed by atoms with Crippen LogP contribution in [0.25, 0.3) is 0 Å². The maximum Gasteiger partial charge on any atom is 0.303 e. The van der Waals surface area contributed by atoms with E-state index in [9.17, 15) is 65.4 Å². The van der Waals surface area contributed by atoms with Crippen LogP contribution in [0.5, 0.6) is 11.5 Å². The van der Waals surface area contributed by atoms with E-state index < -0.39 is 132 Å². The van der Waals surface area contributed by atoms with E-state index in [1.807, 2.05) is 20.8 Å². The zero-order valence-corrected chi connectivity index (χ0v) is 36.0. The molecule has 0 amide bonds. The summed E-state index contributed by atoms with van der Waals surface area (Å²) in [7, 11) is 0. The topological polar surface area (TPSA) is 300 Å². The van der Waals surface area contributed by atoms with Gasteiger partial charge in [-0.05, 0) is 99.8 Å². The fourth-order valence-electron chi connectivity index (χ4n) is 11.6. The van der Waals surface area contributed by atoms with Crippen LogP contribution >= 0.6 is 0 Å². The number of aromatic hydroxyl groups is 1. The summed E-state index contributed by atoms with van der Waals surface area (Å²) < 4.78 is 28.1. The lowest BCUT2D eigenvalue weighted by atomic mass is 9.41. The lowest BCUT2D eigenvalue weighted by Gasteiger charge is -2.61. The lowest BCUT2D eigenvalue weighted by molar-refractivity contribution is -0.323. The number of rotatable bonds is 12. The molecule has 1 aromatic carbocycles. The number of ketones is 2. The van der Waals surface area contributed by atoms with Crippen molar-refractivity contribution in [3.05, 3.63) is 22.8 Å². The minimum Gasteiger partial charge on any atom is -0.504 e. The third kappa shape index (κ3) is 7.81. The molecular weight excluding hydrogens is 804 g/mol. The fourth-order valence-corrected chi connectivity index (χ4v) is 11.6. The predicted octanol–water partition coefficient (Wildman–Crippen LogP) is -0.668. The molecule has 17 atom stereocenters. The normalized spacial score (nSPS) is 42.2. The Morgan fingerprint density at radius 3 is 2.08 bits per heavy atom. The molecule has 2 aliphatic heterocycles.